The van der Waals surface area contributed by atoms with E-state index in [1.165, 1.54) is 18.2 Å². The molecule has 3 rings (SSSR count). The molecule has 0 atom stereocenters. The van der Waals surface area contributed by atoms with E-state index in [1.54, 1.807) is 19.1 Å². The summed E-state index contributed by atoms with van der Waals surface area (Å²) in [6.45, 7) is 5.74. The number of amides is 1. The third-order valence-electron chi connectivity index (χ3n) is 3.65. The van der Waals surface area contributed by atoms with Crippen LogP contribution in [0.3, 0.4) is 0 Å². The number of hydrogen-bond acceptors (Lipinski definition) is 4. The van der Waals surface area contributed by atoms with E-state index < -0.39 is 11.7 Å². The molecule has 0 aliphatic rings. The van der Waals surface area contributed by atoms with Crippen LogP contribution in [0.2, 0.25) is 0 Å². The van der Waals surface area contributed by atoms with Gasteiger partial charge < -0.3 is 10.6 Å². The second-order valence-electron chi connectivity index (χ2n) is 6.15. The summed E-state index contributed by atoms with van der Waals surface area (Å²) < 4.78 is 13.3. The van der Waals surface area contributed by atoms with Gasteiger partial charge in [0, 0.05) is 17.4 Å². The molecule has 3 aromatic rings. The fourth-order valence-electron chi connectivity index (χ4n) is 2.70. The molecular weight excluding hydrogens is 331 g/mol. The molecule has 0 saturated heterocycles. The highest BCUT2D eigenvalue weighted by atomic mass is 19.1. The average Bonchev–Trinajstić information content (AvgIpc) is 2.53. The van der Waals surface area contributed by atoms with Crippen LogP contribution in [0, 0.1) is 26.6 Å². The number of halogens is 1. The molecule has 0 aliphatic heterocycles. The molecule has 0 saturated carbocycles. The Kier molecular flexibility index (Phi) is 4.93. The van der Waals surface area contributed by atoms with Gasteiger partial charge in [0.25, 0.3) is 5.91 Å². The number of hydrogen-bond donors (Lipinski definition) is 2. The standard InChI is InChI=1S/C20H19FN4O/c1-12-7-13(2)9-17(8-12)24-19-11-18(22-14(3)23-19)20(26)25-16-6-4-5-15(21)10-16/h4-11H,1-3H3,(H,25,26)(H,22,23,24). The van der Waals surface area contributed by atoms with Gasteiger partial charge in [0.15, 0.2) is 0 Å². The molecule has 0 fully saturated rings. The van der Waals surface area contributed by atoms with Crippen LogP contribution in [-0.2, 0) is 0 Å². The maximum Gasteiger partial charge on any atom is 0.274 e. The summed E-state index contributed by atoms with van der Waals surface area (Å²) in [5.41, 5.74) is 3.71. The summed E-state index contributed by atoms with van der Waals surface area (Å²) in [6.07, 6.45) is 0. The van der Waals surface area contributed by atoms with E-state index in [2.05, 4.69) is 26.7 Å². The Bertz CT molecular complexity index is 952. The van der Waals surface area contributed by atoms with Gasteiger partial charge in [-0.15, -0.1) is 0 Å². The minimum absolute atomic E-state index is 0.202. The van der Waals surface area contributed by atoms with Gasteiger partial charge in [0.2, 0.25) is 0 Å². The minimum Gasteiger partial charge on any atom is -0.340 e. The molecule has 1 amide bonds. The predicted molar refractivity (Wildman–Crippen MR) is 100 cm³/mol. The second kappa shape index (κ2) is 7.31. The number of rotatable bonds is 4. The lowest BCUT2D eigenvalue weighted by Gasteiger charge is -2.10. The normalized spacial score (nSPS) is 10.5. The highest BCUT2D eigenvalue weighted by molar-refractivity contribution is 6.03. The molecule has 2 aromatic carbocycles. The van der Waals surface area contributed by atoms with Crippen LogP contribution < -0.4 is 10.6 Å². The van der Waals surface area contributed by atoms with Crippen molar-refractivity contribution < 1.29 is 9.18 Å². The molecule has 1 heterocycles. The topological polar surface area (TPSA) is 66.9 Å². The smallest absolute Gasteiger partial charge is 0.274 e. The number of nitrogens with zero attached hydrogens (tertiary/aromatic N) is 2. The zero-order valence-corrected chi connectivity index (χ0v) is 14.8. The van der Waals surface area contributed by atoms with Gasteiger partial charge in [-0.3, -0.25) is 4.79 Å². The molecule has 0 radical (unpaired) electrons. The molecule has 2 N–H and O–H groups in total. The van der Waals surface area contributed by atoms with E-state index in [4.69, 9.17) is 0 Å². The number of carbonyl (C=O) groups excluding carboxylic acids is 1. The molecule has 26 heavy (non-hydrogen) atoms. The summed E-state index contributed by atoms with van der Waals surface area (Å²) in [5, 5.41) is 5.84. The molecule has 0 spiro atoms. The predicted octanol–water partition coefficient (Wildman–Crippen LogP) is 4.54. The number of benzene rings is 2. The lowest BCUT2D eigenvalue weighted by molar-refractivity contribution is 0.102. The van der Waals surface area contributed by atoms with Crippen LogP contribution in [0.4, 0.5) is 21.6 Å². The van der Waals surface area contributed by atoms with Gasteiger partial charge >= 0.3 is 0 Å². The molecule has 6 heteroatoms. The Morgan fingerprint density at radius 3 is 2.35 bits per heavy atom. The van der Waals surface area contributed by atoms with Crippen LogP contribution in [0.5, 0.6) is 0 Å². The van der Waals surface area contributed by atoms with Gasteiger partial charge in [-0.1, -0.05) is 12.1 Å². The van der Waals surface area contributed by atoms with Gasteiger partial charge in [-0.2, -0.15) is 0 Å². The quantitative estimate of drug-likeness (QED) is 0.725. The molecule has 5 nitrogen and oxygen atoms in total. The highest BCUT2D eigenvalue weighted by Crippen LogP contribution is 2.19. The molecule has 0 aliphatic carbocycles. The van der Waals surface area contributed by atoms with Crippen molar-refractivity contribution in [2.75, 3.05) is 10.6 Å². The Balaban J connectivity index is 1.83. The molecule has 0 bridgehead atoms. The zero-order chi connectivity index (χ0) is 18.7. The van der Waals surface area contributed by atoms with E-state index in [0.29, 0.717) is 17.3 Å². The highest BCUT2D eigenvalue weighted by Gasteiger charge is 2.12. The Hall–Kier alpha value is -3.28. The Morgan fingerprint density at radius 2 is 1.65 bits per heavy atom. The van der Waals surface area contributed by atoms with Crippen molar-refractivity contribution in [1.29, 1.82) is 0 Å². The summed E-state index contributed by atoms with van der Waals surface area (Å²) >= 11 is 0. The first-order chi connectivity index (χ1) is 12.4. The summed E-state index contributed by atoms with van der Waals surface area (Å²) in [4.78, 5) is 20.9. The Labute approximate surface area is 151 Å². The summed E-state index contributed by atoms with van der Waals surface area (Å²) in [7, 11) is 0. The summed E-state index contributed by atoms with van der Waals surface area (Å²) in [5.74, 6) is 0.138. The molecular formula is C20H19FN4O. The minimum atomic E-state index is -0.426. The van der Waals surface area contributed by atoms with Crippen molar-refractivity contribution in [3.05, 3.63) is 77.0 Å². The monoisotopic (exact) mass is 350 g/mol. The third-order valence-corrected chi connectivity index (χ3v) is 3.65. The molecule has 0 unspecified atom stereocenters. The van der Waals surface area contributed by atoms with Crippen molar-refractivity contribution in [3.63, 3.8) is 0 Å². The maximum atomic E-state index is 13.3. The first kappa shape index (κ1) is 17.5. The van der Waals surface area contributed by atoms with E-state index in [9.17, 15) is 9.18 Å². The van der Waals surface area contributed by atoms with Crippen molar-refractivity contribution in [2.24, 2.45) is 0 Å². The number of nitrogens with one attached hydrogen (secondary N) is 2. The van der Waals surface area contributed by atoms with E-state index in [1.807, 2.05) is 26.0 Å². The Morgan fingerprint density at radius 1 is 0.923 bits per heavy atom. The van der Waals surface area contributed by atoms with Gasteiger partial charge in [0.1, 0.15) is 23.2 Å². The summed E-state index contributed by atoms with van der Waals surface area (Å²) in [6, 6.07) is 13.4. The van der Waals surface area contributed by atoms with Crippen molar-refractivity contribution >= 4 is 23.1 Å². The maximum absolute atomic E-state index is 13.3. The number of aryl methyl sites for hydroxylation is 3. The molecule has 1 aromatic heterocycles. The lowest BCUT2D eigenvalue weighted by Crippen LogP contribution is -2.15. The van der Waals surface area contributed by atoms with Crippen molar-refractivity contribution in [3.8, 4) is 0 Å². The van der Waals surface area contributed by atoms with E-state index >= 15 is 0 Å². The average molecular weight is 350 g/mol. The number of anilines is 3. The van der Waals surface area contributed by atoms with Gasteiger partial charge in [-0.25, -0.2) is 14.4 Å². The third kappa shape index (κ3) is 4.42. The van der Waals surface area contributed by atoms with Crippen LogP contribution >= 0.6 is 0 Å². The van der Waals surface area contributed by atoms with Gasteiger partial charge in [0.05, 0.1) is 0 Å². The first-order valence-electron chi connectivity index (χ1n) is 8.17. The first-order valence-corrected chi connectivity index (χ1v) is 8.17. The van der Waals surface area contributed by atoms with Crippen molar-refractivity contribution in [2.45, 2.75) is 20.8 Å². The van der Waals surface area contributed by atoms with Crippen molar-refractivity contribution in [1.82, 2.24) is 9.97 Å². The van der Waals surface area contributed by atoms with Crippen LogP contribution in [0.15, 0.2) is 48.5 Å². The zero-order valence-electron chi connectivity index (χ0n) is 14.8. The lowest BCUT2D eigenvalue weighted by atomic mass is 10.1. The van der Waals surface area contributed by atoms with E-state index in [-0.39, 0.29) is 5.69 Å². The van der Waals surface area contributed by atoms with Crippen LogP contribution in [-0.4, -0.2) is 15.9 Å². The van der Waals surface area contributed by atoms with E-state index in [0.717, 1.165) is 16.8 Å². The fourth-order valence-corrected chi connectivity index (χ4v) is 2.70. The SMILES string of the molecule is Cc1cc(C)cc(Nc2cc(C(=O)Nc3cccc(F)c3)nc(C)n2)c1. The largest absolute Gasteiger partial charge is 0.340 e. The number of aromatic nitrogens is 2. The molecule has 132 valence electrons. The van der Waals surface area contributed by atoms with Crippen LogP contribution in [0.25, 0.3) is 0 Å². The van der Waals surface area contributed by atoms with Crippen LogP contribution in [0.1, 0.15) is 27.4 Å². The number of carbonyl (C=O) groups is 1. The van der Waals surface area contributed by atoms with Gasteiger partial charge in [-0.05, 0) is 62.2 Å². The second-order valence-corrected chi connectivity index (χ2v) is 6.15. The fraction of sp³-hybridized carbons (Fsp3) is 0.150.